The van der Waals surface area contributed by atoms with Gasteiger partial charge in [0, 0.05) is 16.6 Å². The van der Waals surface area contributed by atoms with E-state index in [1.165, 1.54) is 6.07 Å². The highest BCUT2D eigenvalue weighted by molar-refractivity contribution is 6.35. The van der Waals surface area contributed by atoms with E-state index in [0.29, 0.717) is 23.6 Å². The Morgan fingerprint density at radius 1 is 1.31 bits per heavy atom. The molecule has 0 unspecified atom stereocenters. The lowest BCUT2D eigenvalue weighted by Gasteiger charge is -2.14. The smallest absolute Gasteiger partial charge is 0.139 e. The van der Waals surface area contributed by atoms with Crippen molar-refractivity contribution in [3.63, 3.8) is 0 Å². The Kier molecular flexibility index (Phi) is 7.11. The molecule has 0 aliphatic heterocycles. The summed E-state index contributed by atoms with van der Waals surface area (Å²) in [7, 11) is 0. The third-order valence-corrected chi connectivity index (χ3v) is 2.68. The van der Waals surface area contributed by atoms with Gasteiger partial charge in [0.15, 0.2) is 0 Å². The molecule has 92 valence electrons. The van der Waals surface area contributed by atoms with Crippen molar-refractivity contribution < 1.29 is 5.11 Å². The Bertz CT molecular complexity index is 347. The highest BCUT2D eigenvalue weighted by Gasteiger charge is 2.14. The standard InChI is InChI=1S/C10H14Cl2N2O.ClH/c11-6-4-7(9(14)2-1-3-13)10(15)8(12)5-6;/h4-5,9,15H,1-3,13-14H2;1H/t9-;/m0./s1. The van der Waals surface area contributed by atoms with Gasteiger partial charge < -0.3 is 16.6 Å². The van der Waals surface area contributed by atoms with E-state index in [9.17, 15) is 5.11 Å². The van der Waals surface area contributed by atoms with Crippen LogP contribution in [0.4, 0.5) is 0 Å². The largest absolute Gasteiger partial charge is 0.506 e. The predicted molar refractivity (Wildman–Crippen MR) is 70.6 cm³/mol. The normalized spacial score (nSPS) is 12.0. The molecule has 5 N–H and O–H groups in total. The zero-order valence-corrected chi connectivity index (χ0v) is 10.9. The summed E-state index contributed by atoms with van der Waals surface area (Å²) < 4.78 is 0. The van der Waals surface area contributed by atoms with Gasteiger partial charge in [0.2, 0.25) is 0 Å². The second-order valence-electron chi connectivity index (χ2n) is 3.36. The molecule has 16 heavy (non-hydrogen) atoms. The van der Waals surface area contributed by atoms with Crippen molar-refractivity contribution >= 4 is 35.6 Å². The van der Waals surface area contributed by atoms with E-state index >= 15 is 0 Å². The van der Waals surface area contributed by atoms with Crippen LogP contribution in [-0.2, 0) is 0 Å². The van der Waals surface area contributed by atoms with Gasteiger partial charge in [-0.25, -0.2) is 0 Å². The number of phenols is 1. The molecule has 0 aliphatic carbocycles. The lowest BCUT2D eigenvalue weighted by molar-refractivity contribution is 0.457. The van der Waals surface area contributed by atoms with Crippen molar-refractivity contribution in [2.45, 2.75) is 18.9 Å². The van der Waals surface area contributed by atoms with Crippen LogP contribution in [0.1, 0.15) is 24.4 Å². The molecule has 6 heteroatoms. The third kappa shape index (κ3) is 4.00. The molecule has 1 atom stereocenters. The van der Waals surface area contributed by atoms with Crippen molar-refractivity contribution in [2.24, 2.45) is 11.5 Å². The molecular weight excluding hydrogens is 270 g/mol. The van der Waals surface area contributed by atoms with Crippen LogP contribution < -0.4 is 11.5 Å². The lowest BCUT2D eigenvalue weighted by atomic mass is 10.0. The van der Waals surface area contributed by atoms with E-state index in [4.69, 9.17) is 34.7 Å². The molecule has 0 bridgehead atoms. The first-order chi connectivity index (χ1) is 7.06. The highest BCUT2D eigenvalue weighted by Crippen LogP contribution is 2.35. The molecule has 3 nitrogen and oxygen atoms in total. The Hall–Kier alpha value is -0.190. The van der Waals surface area contributed by atoms with Gasteiger partial charge in [-0.2, -0.15) is 0 Å². The first kappa shape index (κ1) is 15.8. The maximum absolute atomic E-state index is 9.69. The van der Waals surface area contributed by atoms with Crippen molar-refractivity contribution in [1.82, 2.24) is 0 Å². The second-order valence-corrected chi connectivity index (χ2v) is 4.21. The SMILES string of the molecule is Cl.NCCC[C@H](N)c1cc(Cl)cc(Cl)c1O. The number of aromatic hydroxyl groups is 1. The summed E-state index contributed by atoms with van der Waals surface area (Å²) in [5.41, 5.74) is 11.8. The minimum absolute atomic E-state index is 0. The van der Waals surface area contributed by atoms with E-state index in [-0.39, 0.29) is 29.2 Å². The molecule has 0 radical (unpaired) electrons. The third-order valence-electron chi connectivity index (χ3n) is 2.18. The van der Waals surface area contributed by atoms with Crippen molar-refractivity contribution in [2.75, 3.05) is 6.54 Å². The Morgan fingerprint density at radius 2 is 1.94 bits per heavy atom. The highest BCUT2D eigenvalue weighted by atomic mass is 35.5. The van der Waals surface area contributed by atoms with Crippen LogP contribution in [0.25, 0.3) is 0 Å². The fourth-order valence-corrected chi connectivity index (χ4v) is 1.87. The van der Waals surface area contributed by atoms with Crippen LogP contribution in [0, 0.1) is 0 Å². The van der Waals surface area contributed by atoms with Crippen molar-refractivity contribution in [1.29, 1.82) is 0 Å². The van der Waals surface area contributed by atoms with Gasteiger partial charge in [-0.1, -0.05) is 23.2 Å². The minimum atomic E-state index is -0.287. The molecule has 1 aromatic carbocycles. The molecule has 0 saturated carbocycles. The topological polar surface area (TPSA) is 72.3 Å². The number of halogens is 3. The van der Waals surface area contributed by atoms with Crippen LogP contribution in [0.5, 0.6) is 5.75 Å². The molecule has 0 aromatic heterocycles. The number of nitrogens with two attached hydrogens (primary N) is 2. The molecule has 1 aromatic rings. The van der Waals surface area contributed by atoms with Crippen LogP contribution in [0.3, 0.4) is 0 Å². The summed E-state index contributed by atoms with van der Waals surface area (Å²) in [6.07, 6.45) is 1.49. The van der Waals surface area contributed by atoms with Gasteiger partial charge in [0.25, 0.3) is 0 Å². The fourth-order valence-electron chi connectivity index (χ4n) is 1.36. The van der Waals surface area contributed by atoms with Gasteiger partial charge in [-0.3, -0.25) is 0 Å². The molecular formula is C10H15Cl3N2O. The number of phenolic OH excluding ortho intramolecular Hbond substituents is 1. The molecule has 0 fully saturated rings. The van der Waals surface area contributed by atoms with Gasteiger partial charge >= 0.3 is 0 Å². The quantitative estimate of drug-likeness (QED) is 0.796. The Balaban J connectivity index is 0.00000225. The summed E-state index contributed by atoms with van der Waals surface area (Å²) in [4.78, 5) is 0. The van der Waals surface area contributed by atoms with E-state index in [2.05, 4.69) is 0 Å². The zero-order chi connectivity index (χ0) is 11.4. The van der Waals surface area contributed by atoms with Gasteiger partial charge in [0.1, 0.15) is 5.75 Å². The van der Waals surface area contributed by atoms with E-state index in [1.807, 2.05) is 0 Å². The summed E-state index contributed by atoms with van der Waals surface area (Å²) in [6, 6.07) is 2.83. The van der Waals surface area contributed by atoms with Crippen molar-refractivity contribution in [3.8, 4) is 5.75 Å². The lowest BCUT2D eigenvalue weighted by Crippen LogP contribution is -2.12. The minimum Gasteiger partial charge on any atom is -0.506 e. The fraction of sp³-hybridized carbons (Fsp3) is 0.400. The Labute approximate surface area is 111 Å². The Morgan fingerprint density at radius 3 is 2.50 bits per heavy atom. The average Bonchev–Trinajstić information content (AvgIpc) is 2.19. The molecule has 0 spiro atoms. The van der Waals surface area contributed by atoms with E-state index in [0.717, 1.165) is 6.42 Å². The summed E-state index contributed by atoms with van der Waals surface area (Å²) in [5.74, 6) is 0.00517. The summed E-state index contributed by atoms with van der Waals surface area (Å²) in [6.45, 7) is 0.572. The number of rotatable bonds is 4. The first-order valence-corrected chi connectivity index (χ1v) is 5.45. The van der Waals surface area contributed by atoms with Crippen LogP contribution >= 0.6 is 35.6 Å². The van der Waals surface area contributed by atoms with E-state index in [1.54, 1.807) is 6.07 Å². The summed E-state index contributed by atoms with van der Waals surface area (Å²) >= 11 is 11.6. The maximum Gasteiger partial charge on any atom is 0.139 e. The molecule has 1 rings (SSSR count). The maximum atomic E-state index is 9.69. The van der Waals surface area contributed by atoms with Gasteiger partial charge in [-0.05, 0) is 31.5 Å². The van der Waals surface area contributed by atoms with Gasteiger partial charge in [-0.15, -0.1) is 12.4 Å². The van der Waals surface area contributed by atoms with Gasteiger partial charge in [0.05, 0.1) is 5.02 Å². The average molecular weight is 286 g/mol. The number of benzene rings is 1. The van der Waals surface area contributed by atoms with Crippen molar-refractivity contribution in [3.05, 3.63) is 27.7 Å². The van der Waals surface area contributed by atoms with Crippen LogP contribution in [0.2, 0.25) is 10.0 Å². The number of hydrogen-bond donors (Lipinski definition) is 3. The molecule has 0 amide bonds. The zero-order valence-electron chi connectivity index (χ0n) is 8.62. The number of hydrogen-bond acceptors (Lipinski definition) is 3. The molecule has 0 aliphatic rings. The molecule has 0 heterocycles. The first-order valence-electron chi connectivity index (χ1n) is 4.69. The monoisotopic (exact) mass is 284 g/mol. The summed E-state index contributed by atoms with van der Waals surface area (Å²) in [5, 5.41) is 10.4. The molecule has 0 saturated heterocycles. The predicted octanol–water partition coefficient (Wildman–Crippen LogP) is 2.86. The van der Waals surface area contributed by atoms with Crippen LogP contribution in [-0.4, -0.2) is 11.7 Å². The van der Waals surface area contributed by atoms with E-state index < -0.39 is 0 Å². The second kappa shape index (κ2) is 7.20. The van der Waals surface area contributed by atoms with Crippen LogP contribution in [0.15, 0.2) is 12.1 Å².